The molecule has 0 unspecified atom stereocenters. The summed E-state index contributed by atoms with van der Waals surface area (Å²) >= 11 is 0. The molecule has 0 bridgehead atoms. The Morgan fingerprint density at radius 2 is 1.40 bits per heavy atom. The molecule has 3 aromatic carbocycles. The van der Waals surface area contributed by atoms with Crippen molar-refractivity contribution in [2.24, 2.45) is 0 Å². The highest BCUT2D eigenvalue weighted by molar-refractivity contribution is 5.82. The van der Waals surface area contributed by atoms with E-state index in [-0.39, 0.29) is 5.75 Å². The predicted octanol–water partition coefficient (Wildman–Crippen LogP) is 5.19. The van der Waals surface area contributed by atoms with Crippen molar-refractivity contribution in [2.75, 3.05) is 19.1 Å². The Morgan fingerprint density at radius 3 is 2.04 bits per heavy atom. The zero-order valence-electron chi connectivity index (χ0n) is 14.6. The maximum absolute atomic E-state index is 10.5. The molecule has 0 saturated carbocycles. The van der Waals surface area contributed by atoms with Gasteiger partial charge in [-0.2, -0.15) is 0 Å². The fourth-order valence-corrected chi connectivity index (χ4v) is 2.76. The third-order valence-electron chi connectivity index (χ3n) is 4.11. The Hall–Kier alpha value is -3.14. The number of ether oxygens (including phenoxy) is 2. The van der Waals surface area contributed by atoms with Crippen molar-refractivity contribution in [3.8, 4) is 17.2 Å². The molecule has 0 atom stereocenters. The second-order valence-electron chi connectivity index (χ2n) is 5.67. The molecule has 1 N–H and O–H groups in total. The molecule has 0 heterocycles. The molecule has 0 spiro atoms. The molecule has 0 radical (unpaired) electrons. The van der Waals surface area contributed by atoms with Crippen LogP contribution in [0.25, 0.3) is 0 Å². The van der Waals surface area contributed by atoms with Gasteiger partial charge in [0.1, 0.15) is 17.2 Å². The van der Waals surface area contributed by atoms with Crippen LogP contribution in [0, 0.1) is 6.92 Å². The van der Waals surface area contributed by atoms with Crippen LogP contribution in [0.5, 0.6) is 17.2 Å². The average molecular weight is 335 g/mol. The lowest BCUT2D eigenvalue weighted by molar-refractivity contribution is 0.412. The van der Waals surface area contributed by atoms with Gasteiger partial charge >= 0.3 is 0 Å². The highest BCUT2D eigenvalue weighted by atomic mass is 16.5. The summed E-state index contributed by atoms with van der Waals surface area (Å²) in [4.78, 5) is 2.01. The summed E-state index contributed by atoms with van der Waals surface area (Å²) in [7, 11) is 3.25. The minimum absolute atomic E-state index is 0.180. The Balaban J connectivity index is 2.20. The fourth-order valence-electron chi connectivity index (χ4n) is 2.76. The van der Waals surface area contributed by atoms with Crippen LogP contribution in [-0.2, 0) is 0 Å². The number of phenolic OH excluding ortho intramolecular Hbond substituents is 1. The van der Waals surface area contributed by atoms with Crippen LogP contribution in [0.2, 0.25) is 0 Å². The quantitative estimate of drug-likeness (QED) is 0.697. The fraction of sp³-hybridized carbons (Fsp3) is 0.143. The van der Waals surface area contributed by atoms with Gasteiger partial charge in [-0.05, 0) is 55.0 Å². The van der Waals surface area contributed by atoms with Crippen molar-refractivity contribution in [3.63, 3.8) is 0 Å². The van der Waals surface area contributed by atoms with E-state index < -0.39 is 0 Å². The molecule has 0 aliphatic heterocycles. The molecular weight excluding hydrogens is 314 g/mol. The molecule has 128 valence electrons. The molecule has 0 aliphatic carbocycles. The van der Waals surface area contributed by atoms with E-state index in [0.717, 1.165) is 22.7 Å². The number of benzene rings is 3. The zero-order valence-corrected chi connectivity index (χ0v) is 14.6. The van der Waals surface area contributed by atoms with Gasteiger partial charge in [-0.25, -0.2) is 0 Å². The first-order valence-corrected chi connectivity index (χ1v) is 8.01. The van der Waals surface area contributed by atoms with Crippen LogP contribution in [0.1, 0.15) is 5.56 Å². The highest BCUT2D eigenvalue weighted by Crippen LogP contribution is 2.42. The minimum Gasteiger partial charge on any atom is -0.506 e. The van der Waals surface area contributed by atoms with Gasteiger partial charge < -0.3 is 19.5 Å². The van der Waals surface area contributed by atoms with Crippen LogP contribution in [0.15, 0.2) is 66.7 Å². The van der Waals surface area contributed by atoms with Gasteiger partial charge in [0.15, 0.2) is 0 Å². The van der Waals surface area contributed by atoms with E-state index in [1.165, 1.54) is 0 Å². The second-order valence-corrected chi connectivity index (χ2v) is 5.67. The molecule has 3 rings (SSSR count). The lowest BCUT2D eigenvalue weighted by Gasteiger charge is -2.28. The molecule has 3 aromatic rings. The van der Waals surface area contributed by atoms with E-state index in [4.69, 9.17) is 9.47 Å². The molecule has 0 saturated heterocycles. The largest absolute Gasteiger partial charge is 0.506 e. The van der Waals surface area contributed by atoms with Crippen molar-refractivity contribution >= 4 is 17.1 Å². The average Bonchev–Trinajstić information content (AvgIpc) is 2.65. The van der Waals surface area contributed by atoms with Gasteiger partial charge in [-0.3, -0.25) is 0 Å². The van der Waals surface area contributed by atoms with Crippen molar-refractivity contribution in [1.29, 1.82) is 0 Å². The number of nitrogens with zero attached hydrogens (tertiary/aromatic N) is 1. The summed E-state index contributed by atoms with van der Waals surface area (Å²) in [6, 6.07) is 21.0. The van der Waals surface area contributed by atoms with E-state index in [1.807, 2.05) is 66.4 Å². The molecule has 0 amide bonds. The van der Waals surface area contributed by atoms with Crippen molar-refractivity contribution in [1.82, 2.24) is 0 Å². The number of anilines is 3. The van der Waals surface area contributed by atoms with Gasteiger partial charge in [0, 0.05) is 17.4 Å². The lowest BCUT2D eigenvalue weighted by Crippen LogP contribution is -2.11. The van der Waals surface area contributed by atoms with Gasteiger partial charge in [0.05, 0.1) is 19.9 Å². The number of methoxy groups -OCH3 is 2. The summed E-state index contributed by atoms with van der Waals surface area (Å²) in [6.45, 7) is 2.04. The van der Waals surface area contributed by atoms with Crippen LogP contribution in [-0.4, -0.2) is 19.3 Å². The van der Waals surface area contributed by atoms with Gasteiger partial charge in [0.25, 0.3) is 0 Å². The van der Waals surface area contributed by atoms with Crippen LogP contribution < -0.4 is 14.4 Å². The number of rotatable bonds is 5. The number of para-hydroxylation sites is 1. The second kappa shape index (κ2) is 7.18. The standard InChI is InChI=1S/C21H21NO3/c1-15-6-4-5-7-19(15)22(16-8-10-17(24-2)11-9-16)20-14-18(25-3)12-13-21(20)23/h4-14,23H,1-3H3. The van der Waals surface area contributed by atoms with E-state index >= 15 is 0 Å². The Labute approximate surface area is 147 Å². The maximum Gasteiger partial charge on any atom is 0.139 e. The number of hydrogen-bond donors (Lipinski definition) is 1. The van der Waals surface area contributed by atoms with Crippen LogP contribution in [0.4, 0.5) is 17.1 Å². The third-order valence-corrected chi connectivity index (χ3v) is 4.11. The first-order valence-electron chi connectivity index (χ1n) is 8.01. The maximum atomic E-state index is 10.5. The zero-order chi connectivity index (χ0) is 17.8. The first-order chi connectivity index (χ1) is 12.1. The summed E-state index contributed by atoms with van der Waals surface area (Å²) < 4.78 is 10.6. The Kier molecular flexibility index (Phi) is 4.80. The number of aromatic hydroxyl groups is 1. The lowest BCUT2D eigenvalue weighted by atomic mass is 10.1. The van der Waals surface area contributed by atoms with Crippen LogP contribution >= 0.6 is 0 Å². The van der Waals surface area contributed by atoms with Crippen molar-refractivity contribution < 1.29 is 14.6 Å². The van der Waals surface area contributed by atoms with E-state index in [9.17, 15) is 5.11 Å². The monoisotopic (exact) mass is 335 g/mol. The van der Waals surface area contributed by atoms with Gasteiger partial charge in [0.2, 0.25) is 0 Å². The van der Waals surface area contributed by atoms with Crippen LogP contribution in [0.3, 0.4) is 0 Å². The topological polar surface area (TPSA) is 41.9 Å². The van der Waals surface area contributed by atoms with Gasteiger partial charge in [-0.15, -0.1) is 0 Å². The Morgan fingerprint density at radius 1 is 0.760 bits per heavy atom. The molecule has 0 fully saturated rings. The summed E-state index contributed by atoms with van der Waals surface area (Å²) in [6.07, 6.45) is 0. The third kappa shape index (κ3) is 3.38. The number of aryl methyl sites for hydroxylation is 1. The Bertz CT molecular complexity index is 859. The smallest absolute Gasteiger partial charge is 0.139 e. The van der Waals surface area contributed by atoms with Crippen molar-refractivity contribution in [3.05, 3.63) is 72.3 Å². The van der Waals surface area contributed by atoms with E-state index in [0.29, 0.717) is 11.4 Å². The van der Waals surface area contributed by atoms with E-state index in [2.05, 4.69) is 0 Å². The summed E-state index contributed by atoms with van der Waals surface area (Å²) in [5.41, 5.74) is 3.65. The SMILES string of the molecule is COc1ccc(N(c2ccccc2C)c2cc(OC)ccc2O)cc1. The molecule has 4 heteroatoms. The number of hydrogen-bond acceptors (Lipinski definition) is 4. The predicted molar refractivity (Wildman–Crippen MR) is 101 cm³/mol. The number of phenols is 1. The summed E-state index contributed by atoms with van der Waals surface area (Å²) in [5.74, 6) is 1.64. The molecule has 4 nitrogen and oxygen atoms in total. The molecule has 25 heavy (non-hydrogen) atoms. The minimum atomic E-state index is 0.180. The molecular formula is C21H21NO3. The highest BCUT2D eigenvalue weighted by Gasteiger charge is 2.18. The van der Waals surface area contributed by atoms with Gasteiger partial charge in [-0.1, -0.05) is 18.2 Å². The van der Waals surface area contributed by atoms with E-state index in [1.54, 1.807) is 26.4 Å². The molecule has 0 aromatic heterocycles. The normalized spacial score (nSPS) is 10.4. The first kappa shape index (κ1) is 16.7. The van der Waals surface area contributed by atoms with Crippen molar-refractivity contribution in [2.45, 2.75) is 6.92 Å². The molecule has 0 aliphatic rings. The summed E-state index contributed by atoms with van der Waals surface area (Å²) in [5, 5.41) is 10.5.